The minimum atomic E-state index is -2.16. The SMILES string of the molecule is CC(=O)OC[C@H]1O[C@@H](O[C@@H]2[C@@H](O)[C@H](O[C@@H]3[C@H](O)C(C)(C)C[C@H]4C5=CC[C@@H]6[C@@]7(C)CC[C@H](O[C@@H]8O[C@H](C(=O)O)[C@@H](O)[C@H](O)[C@H]8O[C@@H]8O[C@H](CO)[C@H](O)[C@H](O)[C@H]8O[C@@H]8O[C@@H](C)[C@H](O)[C@@H](O)[C@H]8O)[C@](C)(CO)[C@@H]7CC[C@@]6(C)[C@]5(C)CC[C@@]34C)OC[C@@H]2O)[C@H](OC(C)=O)[C@@H](OC(C)=O)[C@@H]1OC(C)=O. The van der Waals surface area contributed by atoms with Gasteiger partial charge in [-0.3, -0.25) is 19.2 Å². The minimum absolute atomic E-state index is 0.00419. The summed E-state index contributed by atoms with van der Waals surface area (Å²) in [6.45, 7) is 18.0. The molecule has 10 aliphatic rings. The van der Waals surface area contributed by atoms with E-state index >= 15 is 0 Å². The number of ether oxygens (including phenoxy) is 14. The number of fused-ring (bicyclic) bond motifs is 7. The highest BCUT2D eigenvalue weighted by molar-refractivity contribution is 5.73. The third-order valence-corrected chi connectivity index (χ3v) is 24.7. The van der Waals surface area contributed by atoms with Gasteiger partial charge in [-0.2, -0.15) is 0 Å². The monoisotopic (exact) mass is 1420 g/mol. The molecule has 13 N–H and O–H groups in total. The van der Waals surface area contributed by atoms with Crippen molar-refractivity contribution >= 4 is 29.8 Å². The van der Waals surface area contributed by atoms with Crippen molar-refractivity contribution in [2.24, 2.45) is 50.2 Å². The first-order valence-electron chi connectivity index (χ1n) is 34.3. The minimum Gasteiger partial charge on any atom is -0.479 e. The summed E-state index contributed by atoms with van der Waals surface area (Å²) < 4.78 is 83.8. The lowest BCUT2D eigenvalue weighted by molar-refractivity contribution is -0.396. The van der Waals surface area contributed by atoms with Gasteiger partial charge >= 0.3 is 29.8 Å². The van der Waals surface area contributed by atoms with E-state index in [1.54, 1.807) is 0 Å². The number of hydrogen-bond acceptors (Lipinski definition) is 31. The van der Waals surface area contributed by atoms with E-state index in [0.29, 0.717) is 44.9 Å². The normalized spacial score (nSPS) is 50.4. The highest BCUT2D eigenvalue weighted by Crippen LogP contribution is 2.76. The van der Waals surface area contributed by atoms with Crippen LogP contribution in [0.25, 0.3) is 0 Å². The quantitative estimate of drug-likeness (QED) is 0.0313. The molecule has 0 radical (unpaired) electrons. The van der Waals surface area contributed by atoms with Gasteiger partial charge in [0.1, 0.15) is 92.1 Å². The van der Waals surface area contributed by atoms with Crippen molar-refractivity contribution in [3.8, 4) is 0 Å². The Bertz CT molecular complexity index is 2940. The van der Waals surface area contributed by atoms with Gasteiger partial charge in [-0.05, 0) is 97.7 Å². The molecule has 32 heteroatoms. The van der Waals surface area contributed by atoms with Crippen LogP contribution in [-0.4, -0.2) is 288 Å². The maximum absolute atomic E-state index is 12.7. The molecule has 9 fully saturated rings. The van der Waals surface area contributed by atoms with Gasteiger partial charge in [0, 0.05) is 38.5 Å². The van der Waals surface area contributed by atoms with E-state index in [1.165, 1.54) is 12.5 Å². The summed E-state index contributed by atoms with van der Waals surface area (Å²) in [6.07, 6.45) is -38.6. The van der Waals surface area contributed by atoms with Crippen molar-refractivity contribution in [1.29, 1.82) is 0 Å². The molecule has 0 amide bonds. The van der Waals surface area contributed by atoms with Crippen LogP contribution >= 0.6 is 0 Å². The molecule has 0 spiro atoms. The average Bonchev–Trinajstić information content (AvgIpc) is 0.674. The number of carbonyl (C=O) groups excluding carboxylic acids is 4. The smallest absolute Gasteiger partial charge is 0.335 e. The van der Waals surface area contributed by atoms with Crippen LogP contribution in [0.15, 0.2) is 11.6 Å². The van der Waals surface area contributed by atoms with Crippen LogP contribution in [0.1, 0.15) is 134 Å². The summed E-state index contributed by atoms with van der Waals surface area (Å²) in [5.74, 6) is -5.54. The van der Waals surface area contributed by atoms with E-state index in [2.05, 4.69) is 33.8 Å². The van der Waals surface area contributed by atoms with Crippen LogP contribution in [0, 0.1) is 50.2 Å². The molecule has 99 heavy (non-hydrogen) atoms. The Kier molecular flexibility index (Phi) is 23.0. The van der Waals surface area contributed by atoms with Gasteiger partial charge in [-0.15, -0.1) is 0 Å². The molecule has 4 saturated carbocycles. The zero-order valence-electron chi connectivity index (χ0n) is 58.0. The summed E-state index contributed by atoms with van der Waals surface area (Å²) in [5, 5.41) is 146. The molecule has 5 aliphatic carbocycles. The average molecular weight is 1420 g/mol. The predicted molar refractivity (Wildman–Crippen MR) is 329 cm³/mol. The van der Waals surface area contributed by atoms with Crippen molar-refractivity contribution in [2.75, 3.05) is 26.4 Å². The van der Waals surface area contributed by atoms with Crippen molar-refractivity contribution < 1.29 is 157 Å². The lowest BCUT2D eigenvalue weighted by atomic mass is 9.33. The van der Waals surface area contributed by atoms with Gasteiger partial charge in [0.2, 0.25) is 0 Å². The number of allylic oxidation sites excluding steroid dienone is 2. The zero-order chi connectivity index (χ0) is 72.9. The molecule has 0 unspecified atom stereocenters. The Morgan fingerprint density at radius 2 is 1.12 bits per heavy atom. The van der Waals surface area contributed by atoms with Gasteiger partial charge in [0.05, 0.1) is 44.2 Å². The summed E-state index contributed by atoms with van der Waals surface area (Å²) in [4.78, 5) is 62.5. The number of aliphatic carboxylic acids is 1. The van der Waals surface area contributed by atoms with Crippen LogP contribution in [0.5, 0.6) is 0 Å². The standard InChI is InChI=1S/C67H104O32/c1-26-39(75)41(77)45(81)58(88-26)97-50-42(78)40(76)34(22-68)92-59(50)98-51-44(80)43(79)49(56(84)85)96-60(51)94-38-16-17-64(9)36(65(38,10)25-69)15-18-67(12)37(64)14-13-31-32-21-62(6,7)54(83)55(63(32,8)19-20-66(31,67)11)99-57-46(82)47(33(74)23-87-57)95-61-53(91-30(5)73)52(90-29(4)72)48(89-28(3)71)35(93-61)24-86-27(2)70/h13,26,32-55,57-61,68-69,74-83H,14-25H2,1-12H3,(H,84,85)/t26-,32-,33-,34+,35+,36+,37+,38-,39-,40-,41+,42-,43-,44-,45+,46+,47-,48+,49-,50+,51+,52-,53+,54-,55+,57-,58-,59-,60+,61-,63+,64-,65+,66+,67+/m0/s1. The maximum Gasteiger partial charge on any atom is 0.335 e. The predicted octanol–water partition coefficient (Wildman–Crippen LogP) is -1.75. The second kappa shape index (κ2) is 29.3. The van der Waals surface area contributed by atoms with Crippen LogP contribution in [0.4, 0.5) is 0 Å². The number of hydrogen-bond donors (Lipinski definition) is 13. The van der Waals surface area contributed by atoms with E-state index < -0.39 is 249 Å². The maximum atomic E-state index is 12.7. The molecule has 5 heterocycles. The molecule has 5 saturated heterocycles. The van der Waals surface area contributed by atoms with Crippen molar-refractivity contribution in [1.82, 2.24) is 0 Å². The molecule has 564 valence electrons. The molecule has 5 aliphatic heterocycles. The van der Waals surface area contributed by atoms with E-state index in [1.807, 2.05) is 20.8 Å². The fourth-order valence-electron chi connectivity index (χ4n) is 19.0. The first-order valence-corrected chi connectivity index (χ1v) is 34.3. The van der Waals surface area contributed by atoms with Gasteiger partial charge in [0.25, 0.3) is 0 Å². The van der Waals surface area contributed by atoms with Gasteiger partial charge in [0.15, 0.2) is 55.9 Å². The van der Waals surface area contributed by atoms with Crippen LogP contribution in [0.3, 0.4) is 0 Å². The van der Waals surface area contributed by atoms with Gasteiger partial charge in [-0.1, -0.05) is 60.1 Å². The van der Waals surface area contributed by atoms with Crippen LogP contribution in [-0.2, 0) is 90.3 Å². The van der Waals surface area contributed by atoms with Crippen LogP contribution in [0.2, 0.25) is 0 Å². The lowest BCUT2D eigenvalue weighted by Crippen LogP contribution is -2.69. The molecular formula is C67H104O32. The number of aliphatic hydroxyl groups excluding tert-OH is 12. The fraction of sp³-hybridized carbons (Fsp3) is 0.896. The summed E-state index contributed by atoms with van der Waals surface area (Å²) in [6, 6.07) is 0. The van der Waals surface area contributed by atoms with E-state index in [-0.39, 0.29) is 29.6 Å². The zero-order valence-corrected chi connectivity index (χ0v) is 58.0. The number of carboxylic acids is 1. The van der Waals surface area contributed by atoms with Gasteiger partial charge < -0.3 is 133 Å². The van der Waals surface area contributed by atoms with Crippen LogP contribution < -0.4 is 0 Å². The molecule has 35 atom stereocenters. The Morgan fingerprint density at radius 1 is 0.535 bits per heavy atom. The van der Waals surface area contributed by atoms with E-state index in [4.69, 9.17) is 66.3 Å². The number of carboxylic acid groups (broad SMARTS) is 1. The largest absolute Gasteiger partial charge is 0.479 e. The molecular weight excluding hydrogens is 1320 g/mol. The lowest BCUT2D eigenvalue weighted by Gasteiger charge is -2.72. The van der Waals surface area contributed by atoms with Crippen molar-refractivity contribution in [2.45, 2.75) is 300 Å². The Labute approximate surface area is 573 Å². The number of esters is 4. The summed E-state index contributed by atoms with van der Waals surface area (Å²) >= 11 is 0. The topological polar surface area (TPSA) is 478 Å². The third kappa shape index (κ3) is 14.0. The number of aliphatic hydroxyl groups is 12. The molecule has 0 bridgehead atoms. The molecule has 0 aromatic heterocycles. The fourth-order valence-corrected chi connectivity index (χ4v) is 19.0. The van der Waals surface area contributed by atoms with Crippen molar-refractivity contribution in [3.63, 3.8) is 0 Å². The van der Waals surface area contributed by atoms with Gasteiger partial charge in [-0.25, -0.2) is 4.79 Å². The first-order chi connectivity index (χ1) is 46.2. The Balaban J connectivity index is 0.893. The second-order valence-electron chi connectivity index (χ2n) is 31.1. The summed E-state index contributed by atoms with van der Waals surface area (Å²) in [7, 11) is 0. The third-order valence-electron chi connectivity index (χ3n) is 24.7. The Morgan fingerprint density at radius 3 is 1.74 bits per heavy atom. The first kappa shape index (κ1) is 77.8. The molecule has 32 nitrogen and oxygen atoms in total. The highest BCUT2D eigenvalue weighted by atomic mass is 16.8. The molecule has 0 aromatic rings. The van der Waals surface area contributed by atoms with E-state index in [0.717, 1.165) is 27.7 Å². The summed E-state index contributed by atoms with van der Waals surface area (Å²) in [5.41, 5.74) is -2.87. The molecule has 0 aromatic carbocycles. The second-order valence-corrected chi connectivity index (χ2v) is 31.1. The molecule has 10 rings (SSSR count). The number of rotatable bonds is 18. The Hall–Kier alpha value is -3.79. The van der Waals surface area contributed by atoms with Crippen molar-refractivity contribution in [3.05, 3.63) is 11.6 Å². The highest BCUT2D eigenvalue weighted by Gasteiger charge is 2.71. The number of carbonyl (C=O) groups is 5. The van der Waals surface area contributed by atoms with E-state index in [9.17, 15) is 90.4 Å².